The molecule has 0 atom stereocenters. The molecule has 2 aromatic rings. The van der Waals surface area contributed by atoms with Gasteiger partial charge in [-0.3, -0.25) is 4.79 Å². The zero-order chi connectivity index (χ0) is 16.9. The van der Waals surface area contributed by atoms with E-state index in [1.54, 1.807) is 0 Å². The van der Waals surface area contributed by atoms with E-state index in [-0.39, 0.29) is 31.3 Å². The zero-order valence-electron chi connectivity index (χ0n) is 12.9. The second kappa shape index (κ2) is 7.34. The third kappa shape index (κ3) is 5.46. The third-order valence-electron chi connectivity index (χ3n) is 3.01. The first-order chi connectivity index (χ1) is 10.8. The largest absolute Gasteiger partial charge is 0.347 e. The minimum atomic E-state index is -3.29. The van der Waals surface area contributed by atoms with Crippen LogP contribution in [0.15, 0.2) is 28.8 Å². The Hall–Kier alpha value is -2.26. The van der Waals surface area contributed by atoms with Gasteiger partial charge in [-0.15, -0.1) is 0 Å². The van der Waals surface area contributed by atoms with Crippen molar-refractivity contribution in [2.24, 2.45) is 0 Å². The molecule has 0 radical (unpaired) electrons. The lowest BCUT2D eigenvalue weighted by atomic mass is 10.1. The highest BCUT2D eigenvalue weighted by atomic mass is 32.2. The molecule has 0 aliphatic carbocycles. The fourth-order valence-electron chi connectivity index (χ4n) is 1.87. The molecule has 0 saturated carbocycles. The zero-order valence-corrected chi connectivity index (χ0v) is 13.7. The summed E-state index contributed by atoms with van der Waals surface area (Å²) in [5.74, 6) is 0.440. The van der Waals surface area contributed by atoms with E-state index in [2.05, 4.69) is 20.2 Å². The molecular formula is C14H18N4O4S. The SMILES string of the molecule is Cc1ccccc1-c1noc(CNC(=O)CCNS(C)(=O)=O)n1. The highest BCUT2D eigenvalue weighted by Gasteiger charge is 2.11. The predicted octanol–water partition coefficient (Wildman–Crippen LogP) is 0.601. The molecule has 0 spiro atoms. The van der Waals surface area contributed by atoms with Gasteiger partial charge in [-0.2, -0.15) is 4.98 Å². The van der Waals surface area contributed by atoms with Crippen LogP contribution in [0.1, 0.15) is 17.9 Å². The molecule has 9 heteroatoms. The molecular weight excluding hydrogens is 320 g/mol. The fourth-order valence-corrected chi connectivity index (χ4v) is 2.35. The molecule has 0 fully saturated rings. The van der Waals surface area contributed by atoms with Crippen molar-refractivity contribution in [3.8, 4) is 11.4 Å². The van der Waals surface area contributed by atoms with E-state index in [0.29, 0.717) is 5.82 Å². The summed E-state index contributed by atoms with van der Waals surface area (Å²) in [6, 6.07) is 7.64. The van der Waals surface area contributed by atoms with Gasteiger partial charge in [0.25, 0.3) is 0 Å². The van der Waals surface area contributed by atoms with E-state index < -0.39 is 10.0 Å². The van der Waals surface area contributed by atoms with Crippen LogP contribution in [-0.4, -0.2) is 37.3 Å². The van der Waals surface area contributed by atoms with E-state index in [4.69, 9.17) is 4.52 Å². The maximum absolute atomic E-state index is 11.6. The number of aryl methyl sites for hydroxylation is 1. The van der Waals surface area contributed by atoms with Crippen molar-refractivity contribution in [3.05, 3.63) is 35.7 Å². The average Bonchev–Trinajstić information content (AvgIpc) is 2.93. The van der Waals surface area contributed by atoms with Crippen molar-refractivity contribution >= 4 is 15.9 Å². The molecule has 0 unspecified atom stereocenters. The van der Waals surface area contributed by atoms with E-state index in [1.807, 2.05) is 31.2 Å². The van der Waals surface area contributed by atoms with Crippen molar-refractivity contribution in [3.63, 3.8) is 0 Å². The molecule has 8 nitrogen and oxygen atoms in total. The summed E-state index contributed by atoms with van der Waals surface area (Å²) < 4.78 is 29.1. The number of carbonyl (C=O) groups is 1. The Kier molecular flexibility index (Phi) is 5.45. The molecule has 2 rings (SSSR count). The first kappa shape index (κ1) is 17.1. The van der Waals surface area contributed by atoms with Crippen molar-refractivity contribution in [2.45, 2.75) is 19.9 Å². The summed E-state index contributed by atoms with van der Waals surface area (Å²) >= 11 is 0. The number of rotatable bonds is 7. The molecule has 1 amide bonds. The van der Waals surface area contributed by atoms with E-state index in [0.717, 1.165) is 17.4 Å². The van der Waals surface area contributed by atoms with Crippen LogP contribution in [-0.2, 0) is 21.4 Å². The molecule has 1 aromatic carbocycles. The Balaban J connectivity index is 1.85. The number of amides is 1. The highest BCUT2D eigenvalue weighted by molar-refractivity contribution is 7.88. The normalized spacial score (nSPS) is 11.4. The Morgan fingerprint density at radius 1 is 1.30 bits per heavy atom. The quantitative estimate of drug-likeness (QED) is 0.764. The van der Waals surface area contributed by atoms with Gasteiger partial charge in [0.1, 0.15) is 0 Å². The monoisotopic (exact) mass is 338 g/mol. The fraction of sp³-hybridized carbons (Fsp3) is 0.357. The van der Waals surface area contributed by atoms with E-state index in [9.17, 15) is 13.2 Å². The molecule has 0 saturated heterocycles. The Labute approximate surface area is 134 Å². The van der Waals surface area contributed by atoms with Crippen LogP contribution in [0.4, 0.5) is 0 Å². The molecule has 0 aliphatic heterocycles. The lowest BCUT2D eigenvalue weighted by Crippen LogP contribution is -2.29. The minimum absolute atomic E-state index is 0.0336. The number of carbonyl (C=O) groups excluding carboxylic acids is 1. The second-order valence-electron chi connectivity index (χ2n) is 5.02. The minimum Gasteiger partial charge on any atom is -0.347 e. The number of hydrogen-bond donors (Lipinski definition) is 2. The smallest absolute Gasteiger partial charge is 0.246 e. The number of benzene rings is 1. The Bertz CT molecular complexity index is 786. The van der Waals surface area contributed by atoms with Crippen LogP contribution in [0.3, 0.4) is 0 Å². The first-order valence-corrected chi connectivity index (χ1v) is 8.84. The highest BCUT2D eigenvalue weighted by Crippen LogP contribution is 2.19. The first-order valence-electron chi connectivity index (χ1n) is 6.95. The standard InChI is InChI=1S/C14H18N4O4S/c1-10-5-3-4-6-11(10)14-17-13(22-18-14)9-15-12(19)7-8-16-23(2,20)21/h3-6,16H,7-9H2,1-2H3,(H,15,19). The summed E-state index contributed by atoms with van der Waals surface area (Å²) in [4.78, 5) is 15.8. The molecule has 0 bridgehead atoms. The number of aromatic nitrogens is 2. The molecule has 124 valence electrons. The van der Waals surface area contributed by atoms with E-state index >= 15 is 0 Å². The van der Waals surface area contributed by atoms with Crippen LogP contribution >= 0.6 is 0 Å². The summed E-state index contributed by atoms with van der Waals surface area (Å²) in [5, 5.41) is 6.49. The van der Waals surface area contributed by atoms with Gasteiger partial charge in [0.15, 0.2) is 0 Å². The molecule has 0 aliphatic rings. The van der Waals surface area contributed by atoms with Crippen molar-refractivity contribution in [1.82, 2.24) is 20.2 Å². The second-order valence-corrected chi connectivity index (χ2v) is 6.85. The molecule has 1 heterocycles. The maximum atomic E-state index is 11.6. The molecule has 1 aromatic heterocycles. The van der Waals surface area contributed by atoms with Gasteiger partial charge in [0.05, 0.1) is 12.8 Å². The van der Waals surface area contributed by atoms with Crippen LogP contribution in [0.5, 0.6) is 0 Å². The summed E-state index contributed by atoms with van der Waals surface area (Å²) in [6.07, 6.45) is 1.07. The number of nitrogens with one attached hydrogen (secondary N) is 2. The average molecular weight is 338 g/mol. The summed E-state index contributed by atoms with van der Waals surface area (Å²) in [5.41, 5.74) is 1.89. The lowest BCUT2D eigenvalue weighted by Gasteiger charge is -2.03. The van der Waals surface area contributed by atoms with Gasteiger partial charge in [0.2, 0.25) is 27.6 Å². The molecule has 23 heavy (non-hydrogen) atoms. The number of sulfonamides is 1. The van der Waals surface area contributed by atoms with Gasteiger partial charge in [0, 0.05) is 18.5 Å². The van der Waals surface area contributed by atoms with Crippen LogP contribution < -0.4 is 10.0 Å². The predicted molar refractivity (Wildman–Crippen MR) is 83.8 cm³/mol. The van der Waals surface area contributed by atoms with Crippen LogP contribution in [0.2, 0.25) is 0 Å². The van der Waals surface area contributed by atoms with Gasteiger partial charge < -0.3 is 9.84 Å². The van der Waals surface area contributed by atoms with Gasteiger partial charge >= 0.3 is 0 Å². The van der Waals surface area contributed by atoms with Gasteiger partial charge in [-0.25, -0.2) is 13.1 Å². The van der Waals surface area contributed by atoms with Crippen LogP contribution in [0.25, 0.3) is 11.4 Å². The van der Waals surface area contributed by atoms with Crippen molar-refractivity contribution in [1.29, 1.82) is 0 Å². The third-order valence-corrected chi connectivity index (χ3v) is 3.74. The molecule has 2 N–H and O–H groups in total. The maximum Gasteiger partial charge on any atom is 0.246 e. The van der Waals surface area contributed by atoms with Gasteiger partial charge in [-0.1, -0.05) is 29.4 Å². The Morgan fingerprint density at radius 3 is 2.74 bits per heavy atom. The van der Waals surface area contributed by atoms with Crippen molar-refractivity contribution in [2.75, 3.05) is 12.8 Å². The lowest BCUT2D eigenvalue weighted by molar-refractivity contribution is -0.121. The Morgan fingerprint density at radius 2 is 2.04 bits per heavy atom. The van der Waals surface area contributed by atoms with Crippen molar-refractivity contribution < 1.29 is 17.7 Å². The van der Waals surface area contributed by atoms with Crippen LogP contribution in [0, 0.1) is 6.92 Å². The number of hydrogen-bond acceptors (Lipinski definition) is 6. The topological polar surface area (TPSA) is 114 Å². The summed E-state index contributed by atoms with van der Waals surface area (Å²) in [6.45, 7) is 2.08. The summed E-state index contributed by atoms with van der Waals surface area (Å²) in [7, 11) is -3.29. The van der Waals surface area contributed by atoms with Gasteiger partial charge in [-0.05, 0) is 12.5 Å². The van der Waals surface area contributed by atoms with E-state index in [1.165, 1.54) is 0 Å². The number of nitrogens with zero attached hydrogens (tertiary/aromatic N) is 2.